The van der Waals surface area contributed by atoms with Gasteiger partial charge in [-0.2, -0.15) is 5.10 Å². The van der Waals surface area contributed by atoms with Crippen molar-refractivity contribution in [2.45, 2.75) is 53.1 Å². The number of rotatable bonds is 6. The number of nitrogens with two attached hydrogens (primary N) is 1. The third kappa shape index (κ3) is 3.57. The Balaban J connectivity index is 2.09. The molecule has 0 radical (unpaired) electrons. The van der Waals surface area contributed by atoms with Crippen LogP contribution in [0.25, 0.3) is 0 Å². The van der Waals surface area contributed by atoms with Crippen LogP contribution in [-0.2, 0) is 13.1 Å². The zero-order valence-corrected chi connectivity index (χ0v) is 13.5. The van der Waals surface area contributed by atoms with E-state index < -0.39 is 0 Å². The molecule has 0 aliphatic rings. The van der Waals surface area contributed by atoms with E-state index in [1.165, 1.54) is 11.1 Å². The number of aryl methyl sites for hydroxylation is 2. The van der Waals surface area contributed by atoms with Gasteiger partial charge >= 0.3 is 0 Å². The van der Waals surface area contributed by atoms with Crippen LogP contribution >= 0.6 is 0 Å². The first-order chi connectivity index (χ1) is 10.0. The van der Waals surface area contributed by atoms with Crippen molar-refractivity contribution in [2.75, 3.05) is 11.1 Å². The molecule has 2 aromatic rings. The number of hydrogen-bond acceptors (Lipinski definition) is 3. The van der Waals surface area contributed by atoms with E-state index in [-0.39, 0.29) is 0 Å². The first kappa shape index (κ1) is 15.4. The lowest BCUT2D eigenvalue weighted by Gasteiger charge is -2.11. The van der Waals surface area contributed by atoms with Crippen LogP contribution in [-0.4, -0.2) is 9.78 Å². The fourth-order valence-electron chi connectivity index (χ4n) is 2.36. The molecule has 1 heterocycles. The molecule has 0 aliphatic heterocycles. The average Bonchev–Trinajstić information content (AvgIpc) is 2.73. The summed E-state index contributed by atoms with van der Waals surface area (Å²) in [5.74, 6) is 1.50. The maximum Gasteiger partial charge on any atom is 0.148 e. The van der Waals surface area contributed by atoms with Gasteiger partial charge in [0, 0.05) is 13.1 Å². The average molecular weight is 286 g/mol. The second kappa shape index (κ2) is 6.66. The summed E-state index contributed by atoms with van der Waals surface area (Å²) in [4.78, 5) is 0. The van der Waals surface area contributed by atoms with Crippen LogP contribution < -0.4 is 11.1 Å². The quantitative estimate of drug-likeness (QED) is 0.846. The Hall–Kier alpha value is -1.97. The minimum Gasteiger partial charge on any atom is -0.394 e. The van der Waals surface area contributed by atoms with Gasteiger partial charge in [-0.3, -0.25) is 0 Å². The number of nitrogens with one attached hydrogen (secondary N) is 1. The molecule has 0 bridgehead atoms. The van der Waals surface area contributed by atoms with Gasteiger partial charge in [-0.05, 0) is 30.4 Å². The van der Waals surface area contributed by atoms with Crippen molar-refractivity contribution in [1.29, 1.82) is 0 Å². The Labute approximate surface area is 127 Å². The fourth-order valence-corrected chi connectivity index (χ4v) is 2.36. The number of aromatic nitrogens is 2. The van der Waals surface area contributed by atoms with Crippen LogP contribution in [0.5, 0.6) is 0 Å². The van der Waals surface area contributed by atoms with E-state index in [4.69, 9.17) is 5.73 Å². The molecule has 0 saturated heterocycles. The second-order valence-electron chi connectivity index (χ2n) is 5.82. The monoisotopic (exact) mass is 286 g/mol. The van der Waals surface area contributed by atoms with Crippen LogP contribution in [0.2, 0.25) is 0 Å². The largest absolute Gasteiger partial charge is 0.394 e. The lowest BCUT2D eigenvalue weighted by molar-refractivity contribution is 0.603. The van der Waals surface area contributed by atoms with Gasteiger partial charge in [0.2, 0.25) is 0 Å². The van der Waals surface area contributed by atoms with Gasteiger partial charge in [0.15, 0.2) is 0 Å². The molecule has 0 aliphatic carbocycles. The molecular weight excluding hydrogens is 260 g/mol. The van der Waals surface area contributed by atoms with E-state index in [1.807, 2.05) is 11.6 Å². The zero-order chi connectivity index (χ0) is 15.4. The van der Waals surface area contributed by atoms with E-state index >= 15 is 0 Å². The molecule has 1 aromatic carbocycles. The van der Waals surface area contributed by atoms with E-state index in [0.29, 0.717) is 5.92 Å². The van der Waals surface area contributed by atoms with Crippen molar-refractivity contribution in [2.24, 2.45) is 0 Å². The summed E-state index contributed by atoms with van der Waals surface area (Å²) in [7, 11) is 0. The molecular formula is C17H26N4. The molecule has 21 heavy (non-hydrogen) atoms. The SMILES string of the molecule is CCCn1nc(C)c(N)c1NCc1ccc(C(C)C)cc1. The summed E-state index contributed by atoms with van der Waals surface area (Å²) in [5.41, 5.74) is 10.4. The van der Waals surface area contributed by atoms with Crippen molar-refractivity contribution in [1.82, 2.24) is 9.78 Å². The molecule has 0 atom stereocenters. The highest BCUT2D eigenvalue weighted by Gasteiger charge is 2.11. The van der Waals surface area contributed by atoms with Crippen LogP contribution in [0.15, 0.2) is 24.3 Å². The van der Waals surface area contributed by atoms with Gasteiger partial charge in [-0.25, -0.2) is 4.68 Å². The number of benzene rings is 1. The highest BCUT2D eigenvalue weighted by molar-refractivity contribution is 5.64. The third-order valence-electron chi connectivity index (χ3n) is 3.72. The van der Waals surface area contributed by atoms with E-state index in [2.05, 4.69) is 55.5 Å². The van der Waals surface area contributed by atoms with Crippen LogP contribution in [0.4, 0.5) is 11.5 Å². The zero-order valence-electron chi connectivity index (χ0n) is 13.5. The fraction of sp³-hybridized carbons (Fsp3) is 0.471. The molecule has 0 fully saturated rings. The van der Waals surface area contributed by atoms with Crippen molar-refractivity contribution >= 4 is 11.5 Å². The summed E-state index contributed by atoms with van der Waals surface area (Å²) in [6.45, 7) is 10.1. The first-order valence-electron chi connectivity index (χ1n) is 7.68. The number of anilines is 2. The Morgan fingerprint density at radius 2 is 1.90 bits per heavy atom. The van der Waals surface area contributed by atoms with Gasteiger partial charge < -0.3 is 11.1 Å². The van der Waals surface area contributed by atoms with Crippen LogP contribution in [0, 0.1) is 6.92 Å². The van der Waals surface area contributed by atoms with Gasteiger partial charge in [-0.15, -0.1) is 0 Å². The van der Waals surface area contributed by atoms with Gasteiger partial charge in [0.1, 0.15) is 5.82 Å². The van der Waals surface area contributed by atoms with Gasteiger partial charge in [0.25, 0.3) is 0 Å². The summed E-state index contributed by atoms with van der Waals surface area (Å²) in [6, 6.07) is 8.73. The normalized spacial score (nSPS) is 11.1. The molecule has 0 unspecified atom stereocenters. The van der Waals surface area contributed by atoms with Crippen molar-refractivity contribution in [3.05, 3.63) is 41.1 Å². The maximum absolute atomic E-state index is 6.12. The predicted octanol–water partition coefficient (Wildman–Crippen LogP) is 3.92. The summed E-state index contributed by atoms with van der Waals surface area (Å²) < 4.78 is 1.97. The molecule has 1 aromatic heterocycles. The summed E-state index contributed by atoms with van der Waals surface area (Å²) in [6.07, 6.45) is 1.04. The second-order valence-corrected chi connectivity index (χ2v) is 5.82. The molecule has 4 nitrogen and oxygen atoms in total. The van der Waals surface area contributed by atoms with E-state index in [0.717, 1.165) is 36.7 Å². The molecule has 0 amide bonds. The molecule has 2 rings (SSSR count). The van der Waals surface area contributed by atoms with Crippen molar-refractivity contribution in [3.8, 4) is 0 Å². The first-order valence-corrected chi connectivity index (χ1v) is 7.68. The topological polar surface area (TPSA) is 55.9 Å². The van der Waals surface area contributed by atoms with Gasteiger partial charge in [0.05, 0.1) is 11.4 Å². The number of nitrogens with zero attached hydrogens (tertiary/aromatic N) is 2. The Morgan fingerprint density at radius 1 is 1.24 bits per heavy atom. The van der Waals surface area contributed by atoms with E-state index in [1.54, 1.807) is 0 Å². The summed E-state index contributed by atoms with van der Waals surface area (Å²) >= 11 is 0. The van der Waals surface area contributed by atoms with Gasteiger partial charge in [-0.1, -0.05) is 45.0 Å². The molecule has 114 valence electrons. The smallest absolute Gasteiger partial charge is 0.148 e. The molecule has 0 spiro atoms. The molecule has 3 N–H and O–H groups in total. The lowest BCUT2D eigenvalue weighted by Crippen LogP contribution is -2.09. The van der Waals surface area contributed by atoms with E-state index in [9.17, 15) is 0 Å². The van der Waals surface area contributed by atoms with Crippen LogP contribution in [0.3, 0.4) is 0 Å². The minimum atomic E-state index is 0.566. The predicted molar refractivity (Wildman–Crippen MR) is 89.5 cm³/mol. The number of hydrogen-bond donors (Lipinski definition) is 2. The number of nitrogen functional groups attached to an aromatic ring is 1. The van der Waals surface area contributed by atoms with Crippen LogP contribution in [0.1, 0.15) is 49.9 Å². The van der Waals surface area contributed by atoms with Crippen molar-refractivity contribution in [3.63, 3.8) is 0 Å². The highest BCUT2D eigenvalue weighted by Crippen LogP contribution is 2.23. The highest BCUT2D eigenvalue weighted by atomic mass is 15.3. The maximum atomic E-state index is 6.12. The lowest BCUT2D eigenvalue weighted by atomic mass is 10.0. The Bertz CT molecular complexity index is 582. The molecule has 4 heteroatoms. The standard InChI is InChI=1S/C17H26N4/c1-5-10-21-17(16(18)13(4)20-21)19-11-14-6-8-15(9-7-14)12(2)3/h6-9,12,19H,5,10-11,18H2,1-4H3. The van der Waals surface area contributed by atoms with Crippen molar-refractivity contribution < 1.29 is 0 Å². The minimum absolute atomic E-state index is 0.566. The Kier molecular flexibility index (Phi) is 4.89. The third-order valence-corrected chi connectivity index (χ3v) is 3.72. The summed E-state index contributed by atoms with van der Waals surface area (Å²) in [5, 5.41) is 7.91. The Morgan fingerprint density at radius 3 is 2.48 bits per heavy atom. The molecule has 0 saturated carbocycles.